The van der Waals surface area contributed by atoms with Crippen molar-refractivity contribution in [3.05, 3.63) is 64.7 Å². The SMILES string of the molecule is COc1cccc(OCC(=O)Nc2nnc(Cc3cccc(C)c3)s2)c1. The van der Waals surface area contributed by atoms with E-state index in [1.54, 1.807) is 25.3 Å². The van der Waals surface area contributed by atoms with E-state index < -0.39 is 0 Å². The minimum Gasteiger partial charge on any atom is -0.497 e. The van der Waals surface area contributed by atoms with E-state index in [9.17, 15) is 4.79 Å². The van der Waals surface area contributed by atoms with E-state index in [1.807, 2.05) is 12.1 Å². The molecule has 0 saturated carbocycles. The van der Waals surface area contributed by atoms with Gasteiger partial charge in [0, 0.05) is 12.5 Å². The van der Waals surface area contributed by atoms with E-state index in [0.717, 1.165) is 5.01 Å². The summed E-state index contributed by atoms with van der Waals surface area (Å²) < 4.78 is 10.6. The number of anilines is 1. The van der Waals surface area contributed by atoms with Gasteiger partial charge in [0.1, 0.15) is 16.5 Å². The maximum atomic E-state index is 12.0. The van der Waals surface area contributed by atoms with Crippen molar-refractivity contribution >= 4 is 22.4 Å². The van der Waals surface area contributed by atoms with Gasteiger partial charge in [-0.05, 0) is 24.6 Å². The Morgan fingerprint density at radius 1 is 1.12 bits per heavy atom. The van der Waals surface area contributed by atoms with Crippen LogP contribution < -0.4 is 14.8 Å². The predicted molar refractivity (Wildman–Crippen MR) is 101 cm³/mol. The van der Waals surface area contributed by atoms with Crippen LogP contribution in [0.15, 0.2) is 48.5 Å². The second-order valence-corrected chi connectivity index (χ2v) is 6.74. The number of hydrogen-bond acceptors (Lipinski definition) is 6. The highest BCUT2D eigenvalue weighted by atomic mass is 32.1. The molecule has 0 unspecified atom stereocenters. The first-order valence-corrected chi connectivity index (χ1v) is 8.88. The molecule has 0 radical (unpaired) electrons. The Hall–Kier alpha value is -2.93. The van der Waals surface area contributed by atoms with Crippen LogP contribution in [0.3, 0.4) is 0 Å². The van der Waals surface area contributed by atoms with Gasteiger partial charge in [0.2, 0.25) is 5.13 Å². The van der Waals surface area contributed by atoms with E-state index in [1.165, 1.54) is 22.5 Å². The standard InChI is InChI=1S/C19H19N3O3S/c1-13-5-3-6-14(9-13)10-18-21-22-19(26-18)20-17(23)12-25-16-8-4-7-15(11-16)24-2/h3-9,11H,10,12H2,1-2H3,(H,20,22,23). The fourth-order valence-corrected chi connectivity index (χ4v) is 3.16. The number of ether oxygens (including phenoxy) is 2. The summed E-state index contributed by atoms with van der Waals surface area (Å²) in [6.45, 7) is 1.94. The molecule has 0 saturated heterocycles. The Morgan fingerprint density at radius 3 is 2.73 bits per heavy atom. The summed E-state index contributed by atoms with van der Waals surface area (Å²) in [4.78, 5) is 12.0. The Morgan fingerprint density at radius 2 is 1.92 bits per heavy atom. The fraction of sp³-hybridized carbons (Fsp3) is 0.211. The van der Waals surface area contributed by atoms with Crippen molar-refractivity contribution in [1.82, 2.24) is 10.2 Å². The topological polar surface area (TPSA) is 73.3 Å². The van der Waals surface area contributed by atoms with Crippen LogP contribution in [0.1, 0.15) is 16.1 Å². The van der Waals surface area contributed by atoms with Crippen LogP contribution in [0, 0.1) is 6.92 Å². The van der Waals surface area contributed by atoms with Gasteiger partial charge in [-0.1, -0.05) is 47.2 Å². The Labute approximate surface area is 155 Å². The molecule has 3 rings (SSSR count). The number of amides is 1. The van der Waals surface area contributed by atoms with Crippen molar-refractivity contribution in [2.45, 2.75) is 13.3 Å². The van der Waals surface area contributed by atoms with Crippen LogP contribution in [0.25, 0.3) is 0 Å². The van der Waals surface area contributed by atoms with Crippen molar-refractivity contribution in [2.75, 3.05) is 19.0 Å². The summed E-state index contributed by atoms with van der Waals surface area (Å²) >= 11 is 1.36. The predicted octanol–water partition coefficient (Wildman–Crippen LogP) is 3.46. The minimum absolute atomic E-state index is 0.111. The average Bonchev–Trinajstić information content (AvgIpc) is 3.07. The first-order valence-electron chi connectivity index (χ1n) is 8.07. The van der Waals surface area contributed by atoms with Gasteiger partial charge in [-0.2, -0.15) is 0 Å². The molecule has 0 bridgehead atoms. The molecule has 1 aromatic heterocycles. The third kappa shape index (κ3) is 5.03. The Kier molecular flexibility index (Phi) is 5.80. The van der Waals surface area contributed by atoms with Gasteiger partial charge in [-0.3, -0.25) is 10.1 Å². The van der Waals surface area contributed by atoms with Crippen LogP contribution in [-0.2, 0) is 11.2 Å². The quantitative estimate of drug-likeness (QED) is 0.690. The molecular weight excluding hydrogens is 350 g/mol. The molecule has 0 spiro atoms. The molecule has 1 N–H and O–H groups in total. The third-order valence-corrected chi connectivity index (χ3v) is 4.40. The maximum absolute atomic E-state index is 12.0. The molecule has 7 heteroatoms. The zero-order chi connectivity index (χ0) is 18.4. The number of benzene rings is 2. The number of aromatic nitrogens is 2. The van der Waals surface area contributed by atoms with Gasteiger partial charge in [-0.15, -0.1) is 10.2 Å². The van der Waals surface area contributed by atoms with E-state index in [0.29, 0.717) is 23.1 Å². The average molecular weight is 369 g/mol. The third-order valence-electron chi connectivity index (χ3n) is 3.56. The molecular formula is C19H19N3O3S. The van der Waals surface area contributed by atoms with Gasteiger partial charge in [0.05, 0.1) is 7.11 Å². The van der Waals surface area contributed by atoms with Crippen LogP contribution in [0.5, 0.6) is 11.5 Å². The van der Waals surface area contributed by atoms with Gasteiger partial charge in [-0.25, -0.2) is 0 Å². The molecule has 0 fully saturated rings. The molecule has 3 aromatic rings. The van der Waals surface area contributed by atoms with Gasteiger partial charge >= 0.3 is 0 Å². The minimum atomic E-state index is -0.286. The highest BCUT2D eigenvalue weighted by Gasteiger charge is 2.10. The first kappa shape index (κ1) is 17.9. The first-order chi connectivity index (χ1) is 12.6. The van der Waals surface area contributed by atoms with E-state index >= 15 is 0 Å². The number of nitrogens with zero attached hydrogens (tertiary/aromatic N) is 2. The summed E-state index contributed by atoms with van der Waals surface area (Å²) in [5, 5.41) is 12.2. The molecule has 134 valence electrons. The zero-order valence-corrected chi connectivity index (χ0v) is 15.4. The van der Waals surface area contributed by atoms with Crippen molar-refractivity contribution in [3.8, 4) is 11.5 Å². The highest BCUT2D eigenvalue weighted by molar-refractivity contribution is 7.15. The van der Waals surface area contributed by atoms with Gasteiger partial charge < -0.3 is 9.47 Å². The van der Waals surface area contributed by atoms with Crippen molar-refractivity contribution in [1.29, 1.82) is 0 Å². The number of methoxy groups -OCH3 is 1. The largest absolute Gasteiger partial charge is 0.497 e. The van der Waals surface area contributed by atoms with E-state index in [-0.39, 0.29) is 12.5 Å². The van der Waals surface area contributed by atoms with Crippen LogP contribution in [-0.4, -0.2) is 29.8 Å². The fourth-order valence-electron chi connectivity index (χ4n) is 2.37. The van der Waals surface area contributed by atoms with Crippen molar-refractivity contribution in [3.63, 3.8) is 0 Å². The molecule has 26 heavy (non-hydrogen) atoms. The lowest BCUT2D eigenvalue weighted by Gasteiger charge is -2.07. The number of rotatable bonds is 7. The van der Waals surface area contributed by atoms with Crippen molar-refractivity contribution < 1.29 is 14.3 Å². The Bertz CT molecular complexity index is 895. The lowest BCUT2D eigenvalue weighted by Crippen LogP contribution is -2.20. The second-order valence-electron chi connectivity index (χ2n) is 5.68. The summed E-state index contributed by atoms with van der Waals surface area (Å²) in [5.74, 6) is 0.954. The lowest BCUT2D eigenvalue weighted by molar-refractivity contribution is -0.118. The molecule has 0 aliphatic carbocycles. The molecule has 0 atom stereocenters. The smallest absolute Gasteiger partial charge is 0.264 e. The summed E-state index contributed by atoms with van der Waals surface area (Å²) in [6.07, 6.45) is 0.690. The molecule has 2 aromatic carbocycles. The van der Waals surface area contributed by atoms with E-state index in [2.05, 4.69) is 40.6 Å². The molecule has 1 amide bonds. The molecule has 1 heterocycles. The van der Waals surface area contributed by atoms with Crippen LogP contribution in [0.2, 0.25) is 0 Å². The van der Waals surface area contributed by atoms with Crippen LogP contribution in [0.4, 0.5) is 5.13 Å². The zero-order valence-electron chi connectivity index (χ0n) is 14.6. The maximum Gasteiger partial charge on any atom is 0.264 e. The number of hydrogen-bond donors (Lipinski definition) is 1. The van der Waals surface area contributed by atoms with Gasteiger partial charge in [0.25, 0.3) is 5.91 Å². The number of nitrogens with one attached hydrogen (secondary N) is 1. The normalized spacial score (nSPS) is 10.4. The van der Waals surface area contributed by atoms with Gasteiger partial charge in [0.15, 0.2) is 6.61 Å². The van der Waals surface area contributed by atoms with Crippen LogP contribution >= 0.6 is 11.3 Å². The second kappa shape index (κ2) is 8.44. The molecule has 6 nitrogen and oxygen atoms in total. The molecule has 0 aliphatic heterocycles. The highest BCUT2D eigenvalue weighted by Crippen LogP contribution is 2.20. The number of carbonyl (C=O) groups excluding carboxylic acids is 1. The van der Waals surface area contributed by atoms with Crippen molar-refractivity contribution in [2.24, 2.45) is 0 Å². The Balaban J connectivity index is 1.52. The monoisotopic (exact) mass is 369 g/mol. The molecule has 0 aliphatic rings. The van der Waals surface area contributed by atoms with E-state index in [4.69, 9.17) is 9.47 Å². The number of carbonyl (C=O) groups is 1. The summed E-state index contributed by atoms with van der Waals surface area (Å²) in [5.41, 5.74) is 2.37. The lowest BCUT2D eigenvalue weighted by atomic mass is 10.1. The number of aryl methyl sites for hydroxylation is 1. The summed E-state index contributed by atoms with van der Waals surface area (Å²) in [7, 11) is 1.58. The summed E-state index contributed by atoms with van der Waals surface area (Å²) in [6, 6.07) is 15.3.